The Balaban J connectivity index is 1.80. The Morgan fingerprint density at radius 2 is 1.92 bits per heavy atom. The van der Waals surface area contributed by atoms with Crippen molar-refractivity contribution >= 4 is 21.7 Å². The summed E-state index contributed by atoms with van der Waals surface area (Å²) in [4.78, 5) is 25.1. The van der Waals surface area contributed by atoms with E-state index in [9.17, 15) is 23.1 Å². The number of likely N-dealkylation sites (tertiary alicyclic amines) is 1. The lowest BCUT2D eigenvalue weighted by atomic mass is 10.2. The number of hydrogen-bond donors (Lipinski definition) is 1. The van der Waals surface area contributed by atoms with Gasteiger partial charge in [-0.3, -0.25) is 4.79 Å². The van der Waals surface area contributed by atoms with Gasteiger partial charge < -0.3 is 19.5 Å². The van der Waals surface area contributed by atoms with Gasteiger partial charge in [-0.15, -0.1) is 0 Å². The number of ether oxygens (including phenoxy) is 2. The number of amides is 1. The normalized spacial score (nSPS) is 20.2. The number of methoxy groups -OCH3 is 1. The highest BCUT2D eigenvalue weighted by Gasteiger charge is 2.39. The lowest BCUT2D eigenvalue weighted by Gasteiger charge is -2.21. The molecule has 1 N–H and O–H groups in total. The predicted molar refractivity (Wildman–Crippen MR) is 92.8 cm³/mol. The van der Waals surface area contributed by atoms with Gasteiger partial charge in [0.15, 0.2) is 9.84 Å². The maximum Gasteiger partial charge on any atom is 0.326 e. The summed E-state index contributed by atoms with van der Waals surface area (Å²) in [5.41, 5.74) is 0. The summed E-state index contributed by atoms with van der Waals surface area (Å²) >= 11 is 0. The van der Waals surface area contributed by atoms with E-state index in [0.29, 0.717) is 18.6 Å². The molecule has 1 aromatic rings. The monoisotopic (exact) mass is 385 g/mol. The van der Waals surface area contributed by atoms with Crippen molar-refractivity contribution in [1.29, 1.82) is 0 Å². The standard InChI is InChI=1S/C17H23NO7S/c1-24-13-10-15(17(20)21)18(11-13)16(19)4-3-9-25-12-5-7-14(8-6-12)26(2,22)23/h5-8,13,15H,3-4,9-11H2,1-2H3,(H,20,21). The molecule has 0 aliphatic carbocycles. The van der Waals surface area contributed by atoms with E-state index in [0.717, 1.165) is 6.26 Å². The zero-order valence-corrected chi connectivity index (χ0v) is 15.6. The summed E-state index contributed by atoms with van der Waals surface area (Å²) in [6.07, 6.45) is 1.76. The molecule has 1 aliphatic heterocycles. The molecule has 0 bridgehead atoms. The highest BCUT2D eigenvalue weighted by atomic mass is 32.2. The van der Waals surface area contributed by atoms with Crippen LogP contribution in [0, 0.1) is 0 Å². The fraction of sp³-hybridized carbons (Fsp3) is 0.529. The van der Waals surface area contributed by atoms with E-state index < -0.39 is 21.8 Å². The van der Waals surface area contributed by atoms with Crippen LogP contribution in [0.2, 0.25) is 0 Å². The van der Waals surface area contributed by atoms with Gasteiger partial charge in [-0.2, -0.15) is 0 Å². The smallest absolute Gasteiger partial charge is 0.326 e. The third-order valence-corrected chi connectivity index (χ3v) is 5.39. The van der Waals surface area contributed by atoms with Gasteiger partial charge in [0.1, 0.15) is 11.8 Å². The Labute approximate surface area is 152 Å². The summed E-state index contributed by atoms with van der Waals surface area (Å²) in [6.45, 7) is 0.545. The van der Waals surface area contributed by atoms with Gasteiger partial charge in [0, 0.05) is 32.8 Å². The van der Waals surface area contributed by atoms with Crippen molar-refractivity contribution in [2.24, 2.45) is 0 Å². The van der Waals surface area contributed by atoms with Gasteiger partial charge in [-0.25, -0.2) is 13.2 Å². The fourth-order valence-electron chi connectivity index (χ4n) is 2.82. The van der Waals surface area contributed by atoms with Crippen LogP contribution in [-0.2, 0) is 24.2 Å². The minimum absolute atomic E-state index is 0.168. The molecular weight excluding hydrogens is 362 g/mol. The van der Waals surface area contributed by atoms with Crippen molar-refractivity contribution in [2.75, 3.05) is 26.5 Å². The summed E-state index contributed by atoms with van der Waals surface area (Å²) in [6, 6.07) is 5.19. The van der Waals surface area contributed by atoms with Crippen molar-refractivity contribution in [3.05, 3.63) is 24.3 Å². The Bertz CT molecular complexity index is 745. The molecule has 26 heavy (non-hydrogen) atoms. The van der Waals surface area contributed by atoms with Crippen LogP contribution in [0.15, 0.2) is 29.2 Å². The molecule has 2 atom stereocenters. The average molecular weight is 385 g/mol. The number of carboxylic acid groups (broad SMARTS) is 1. The van der Waals surface area contributed by atoms with Crippen LogP contribution >= 0.6 is 0 Å². The van der Waals surface area contributed by atoms with Crippen molar-refractivity contribution in [1.82, 2.24) is 4.90 Å². The lowest BCUT2D eigenvalue weighted by Crippen LogP contribution is -2.40. The Hall–Kier alpha value is -2.13. The van der Waals surface area contributed by atoms with E-state index in [1.807, 2.05) is 0 Å². The predicted octanol–water partition coefficient (Wildman–Crippen LogP) is 0.950. The molecule has 0 spiro atoms. The molecule has 9 heteroatoms. The Morgan fingerprint density at radius 1 is 1.27 bits per heavy atom. The first-order chi connectivity index (χ1) is 12.2. The fourth-order valence-corrected chi connectivity index (χ4v) is 3.45. The second-order valence-electron chi connectivity index (χ2n) is 6.19. The minimum Gasteiger partial charge on any atom is -0.494 e. The molecule has 1 heterocycles. The molecule has 1 amide bonds. The highest BCUT2D eigenvalue weighted by molar-refractivity contribution is 7.90. The highest BCUT2D eigenvalue weighted by Crippen LogP contribution is 2.22. The Kier molecular flexibility index (Phi) is 6.60. The molecule has 0 radical (unpaired) electrons. The van der Waals surface area contributed by atoms with Crippen molar-refractivity contribution in [3.8, 4) is 5.75 Å². The maximum atomic E-state index is 12.3. The van der Waals surface area contributed by atoms with E-state index in [1.54, 1.807) is 12.1 Å². The number of aliphatic carboxylic acids is 1. The van der Waals surface area contributed by atoms with E-state index in [-0.39, 0.29) is 36.5 Å². The topological polar surface area (TPSA) is 110 Å². The summed E-state index contributed by atoms with van der Waals surface area (Å²) < 4.78 is 33.4. The molecule has 144 valence electrons. The number of hydrogen-bond acceptors (Lipinski definition) is 6. The van der Waals surface area contributed by atoms with Crippen LogP contribution in [0.1, 0.15) is 19.3 Å². The zero-order valence-electron chi connectivity index (χ0n) is 14.8. The minimum atomic E-state index is -3.25. The van der Waals surface area contributed by atoms with Crippen molar-refractivity contribution in [3.63, 3.8) is 0 Å². The van der Waals surface area contributed by atoms with E-state index in [1.165, 1.54) is 24.1 Å². The number of rotatable bonds is 8. The number of carboxylic acids is 1. The molecule has 8 nitrogen and oxygen atoms in total. The third kappa shape index (κ3) is 5.18. The van der Waals surface area contributed by atoms with Crippen LogP contribution in [0.25, 0.3) is 0 Å². The average Bonchev–Trinajstić information content (AvgIpc) is 3.03. The first-order valence-electron chi connectivity index (χ1n) is 8.20. The van der Waals surface area contributed by atoms with Crippen LogP contribution in [0.5, 0.6) is 5.75 Å². The number of carbonyl (C=O) groups is 2. The Morgan fingerprint density at radius 3 is 2.46 bits per heavy atom. The zero-order chi connectivity index (χ0) is 19.3. The van der Waals surface area contributed by atoms with Gasteiger partial charge in [0.05, 0.1) is 17.6 Å². The summed E-state index contributed by atoms with van der Waals surface area (Å²) in [7, 11) is -1.75. The van der Waals surface area contributed by atoms with Crippen LogP contribution in [-0.4, -0.2) is 69.0 Å². The van der Waals surface area contributed by atoms with Gasteiger partial charge in [0.25, 0.3) is 0 Å². The number of carbonyl (C=O) groups excluding carboxylic acids is 1. The molecular formula is C17H23NO7S. The van der Waals surface area contributed by atoms with E-state index in [4.69, 9.17) is 9.47 Å². The van der Waals surface area contributed by atoms with Gasteiger partial charge >= 0.3 is 5.97 Å². The molecule has 2 rings (SSSR count). The lowest BCUT2D eigenvalue weighted by molar-refractivity contribution is -0.148. The summed E-state index contributed by atoms with van der Waals surface area (Å²) in [5, 5.41) is 9.23. The molecule has 2 unspecified atom stereocenters. The van der Waals surface area contributed by atoms with E-state index in [2.05, 4.69) is 0 Å². The number of benzene rings is 1. The molecule has 1 aromatic carbocycles. The molecule has 0 saturated carbocycles. The number of sulfone groups is 1. The van der Waals surface area contributed by atoms with Gasteiger partial charge in [-0.1, -0.05) is 0 Å². The molecule has 1 aliphatic rings. The molecule has 0 aromatic heterocycles. The second kappa shape index (κ2) is 8.50. The van der Waals surface area contributed by atoms with Gasteiger partial charge in [0.2, 0.25) is 5.91 Å². The largest absolute Gasteiger partial charge is 0.494 e. The van der Waals surface area contributed by atoms with Crippen LogP contribution in [0.3, 0.4) is 0 Å². The summed E-state index contributed by atoms with van der Waals surface area (Å²) in [5.74, 6) is -0.762. The first-order valence-corrected chi connectivity index (χ1v) is 10.1. The first kappa shape index (κ1) is 20.2. The van der Waals surface area contributed by atoms with E-state index >= 15 is 0 Å². The van der Waals surface area contributed by atoms with Crippen LogP contribution < -0.4 is 4.74 Å². The van der Waals surface area contributed by atoms with Gasteiger partial charge in [-0.05, 0) is 30.7 Å². The third-order valence-electron chi connectivity index (χ3n) is 4.26. The maximum absolute atomic E-state index is 12.3. The second-order valence-corrected chi connectivity index (χ2v) is 8.20. The van der Waals surface area contributed by atoms with Crippen LogP contribution in [0.4, 0.5) is 0 Å². The molecule has 1 fully saturated rings. The number of nitrogens with zero attached hydrogens (tertiary/aromatic N) is 1. The quantitative estimate of drug-likeness (QED) is 0.663. The SMILES string of the molecule is COC1CC(C(=O)O)N(C(=O)CCCOc2ccc(S(C)(=O)=O)cc2)C1. The van der Waals surface area contributed by atoms with Crippen molar-refractivity contribution < 1.29 is 32.6 Å². The molecule has 1 saturated heterocycles. The van der Waals surface area contributed by atoms with Crippen molar-refractivity contribution in [2.45, 2.75) is 36.3 Å².